The first-order valence-corrected chi connectivity index (χ1v) is 8.83. The Morgan fingerprint density at radius 3 is 2.56 bits per heavy atom. The number of aliphatic hydroxyl groups is 2. The molecule has 0 spiro atoms. The summed E-state index contributed by atoms with van der Waals surface area (Å²) >= 11 is 0. The van der Waals surface area contributed by atoms with Crippen molar-refractivity contribution in [3.05, 3.63) is 76.7 Å². The maximum Gasteiger partial charge on any atom is 0.224 e. The molecule has 3 atom stereocenters. The van der Waals surface area contributed by atoms with E-state index >= 15 is 0 Å². The van der Waals surface area contributed by atoms with Crippen LogP contribution >= 0.6 is 0 Å². The number of amides is 1. The first kappa shape index (κ1) is 19.1. The summed E-state index contributed by atoms with van der Waals surface area (Å²) in [6.45, 7) is 3.57. The van der Waals surface area contributed by atoms with Crippen LogP contribution in [0, 0.1) is 12.7 Å². The minimum atomic E-state index is -1.05. The van der Waals surface area contributed by atoms with Crippen LogP contribution in [-0.2, 0) is 4.79 Å². The minimum absolute atomic E-state index is 0.160. The van der Waals surface area contributed by atoms with Crippen LogP contribution < -0.4 is 10.6 Å². The van der Waals surface area contributed by atoms with E-state index in [4.69, 9.17) is 0 Å². The molecule has 0 saturated carbocycles. The number of carbonyl (C=O) groups is 1. The van der Waals surface area contributed by atoms with Gasteiger partial charge in [0.15, 0.2) is 0 Å². The zero-order chi connectivity index (χ0) is 19.6. The number of halogens is 1. The van der Waals surface area contributed by atoms with E-state index in [1.54, 1.807) is 25.1 Å². The van der Waals surface area contributed by atoms with Crippen LogP contribution in [0.25, 0.3) is 0 Å². The molecule has 0 fully saturated rings. The van der Waals surface area contributed by atoms with E-state index in [1.807, 2.05) is 19.1 Å². The maximum absolute atomic E-state index is 13.2. The van der Waals surface area contributed by atoms with Crippen molar-refractivity contribution in [2.75, 3.05) is 5.32 Å². The molecular weight excluding hydrogens is 347 g/mol. The standard InChI is InChI=1S/C21H23FN2O3/c1-12-3-4-15(13(2)25)9-19(12)24-21(27)18-11-23-20(26)10-17(18)14-5-7-16(22)8-6-14/h3-9,11,13,17,21,24-25,27H,10H2,1-2H3,(H,23,26). The molecule has 1 heterocycles. The Bertz CT molecular complexity index is 862. The second-order valence-corrected chi connectivity index (χ2v) is 6.82. The summed E-state index contributed by atoms with van der Waals surface area (Å²) in [6, 6.07) is 11.4. The highest BCUT2D eigenvalue weighted by Gasteiger charge is 2.29. The largest absolute Gasteiger partial charge is 0.389 e. The van der Waals surface area contributed by atoms with Crippen LogP contribution in [0.2, 0.25) is 0 Å². The molecule has 2 aromatic rings. The molecule has 4 N–H and O–H groups in total. The fourth-order valence-electron chi connectivity index (χ4n) is 3.19. The van der Waals surface area contributed by atoms with E-state index in [9.17, 15) is 19.4 Å². The Labute approximate surface area is 157 Å². The summed E-state index contributed by atoms with van der Waals surface area (Å²) in [6.07, 6.45) is 0.000845. The summed E-state index contributed by atoms with van der Waals surface area (Å²) in [5, 5.41) is 26.3. The number of carbonyl (C=O) groups excluding carboxylic acids is 1. The van der Waals surface area contributed by atoms with Gasteiger partial charge in [0.05, 0.1) is 6.10 Å². The van der Waals surface area contributed by atoms with Gasteiger partial charge in [0.25, 0.3) is 0 Å². The zero-order valence-corrected chi connectivity index (χ0v) is 15.2. The van der Waals surface area contributed by atoms with Crippen molar-refractivity contribution in [3.63, 3.8) is 0 Å². The summed E-state index contributed by atoms with van der Waals surface area (Å²) in [7, 11) is 0. The Kier molecular flexibility index (Phi) is 5.58. The van der Waals surface area contributed by atoms with Crippen molar-refractivity contribution in [1.82, 2.24) is 5.32 Å². The van der Waals surface area contributed by atoms with Gasteiger partial charge >= 0.3 is 0 Å². The fourth-order valence-corrected chi connectivity index (χ4v) is 3.19. The van der Waals surface area contributed by atoms with Crippen molar-refractivity contribution >= 4 is 11.6 Å². The molecule has 2 aromatic carbocycles. The number of aliphatic hydroxyl groups excluding tert-OH is 2. The van der Waals surface area contributed by atoms with Crippen molar-refractivity contribution < 1.29 is 19.4 Å². The first-order chi connectivity index (χ1) is 12.8. The number of anilines is 1. The van der Waals surface area contributed by atoms with Gasteiger partial charge in [0.2, 0.25) is 5.91 Å². The van der Waals surface area contributed by atoms with Gasteiger partial charge in [-0.3, -0.25) is 4.79 Å². The smallest absolute Gasteiger partial charge is 0.224 e. The molecule has 3 unspecified atom stereocenters. The molecule has 6 heteroatoms. The Morgan fingerprint density at radius 1 is 1.19 bits per heavy atom. The number of benzene rings is 2. The second-order valence-electron chi connectivity index (χ2n) is 6.82. The van der Waals surface area contributed by atoms with Crippen LogP contribution in [-0.4, -0.2) is 22.3 Å². The molecule has 3 rings (SSSR count). The summed E-state index contributed by atoms with van der Waals surface area (Å²) in [4.78, 5) is 11.9. The lowest BCUT2D eigenvalue weighted by molar-refractivity contribution is -0.120. The van der Waals surface area contributed by atoms with Gasteiger partial charge in [-0.25, -0.2) is 4.39 Å². The SMILES string of the molecule is Cc1ccc(C(C)O)cc1NC(O)C1=CNC(=O)CC1c1ccc(F)cc1. The first-order valence-electron chi connectivity index (χ1n) is 8.83. The van der Waals surface area contributed by atoms with E-state index in [-0.39, 0.29) is 24.1 Å². The normalized spacial score (nSPS) is 19.1. The average molecular weight is 370 g/mol. The lowest BCUT2D eigenvalue weighted by Gasteiger charge is -2.29. The Morgan fingerprint density at radius 2 is 1.89 bits per heavy atom. The molecule has 142 valence electrons. The number of hydrogen-bond donors (Lipinski definition) is 4. The molecule has 1 amide bonds. The Hall–Kier alpha value is -2.70. The Balaban J connectivity index is 1.87. The molecule has 0 bridgehead atoms. The lowest BCUT2D eigenvalue weighted by Crippen LogP contribution is -2.34. The van der Waals surface area contributed by atoms with Gasteiger partial charge in [-0.15, -0.1) is 0 Å². The van der Waals surface area contributed by atoms with Crippen LogP contribution in [0.15, 0.2) is 54.2 Å². The third-order valence-electron chi connectivity index (χ3n) is 4.82. The lowest BCUT2D eigenvalue weighted by atomic mass is 9.85. The van der Waals surface area contributed by atoms with E-state index in [2.05, 4.69) is 10.6 Å². The molecule has 0 radical (unpaired) electrons. The molecule has 0 aliphatic carbocycles. The predicted molar refractivity (Wildman–Crippen MR) is 101 cm³/mol. The summed E-state index contributed by atoms with van der Waals surface area (Å²) in [5.74, 6) is -0.872. The highest BCUT2D eigenvalue weighted by atomic mass is 19.1. The molecular formula is C21H23FN2O3. The molecule has 0 saturated heterocycles. The van der Waals surface area contributed by atoms with E-state index < -0.39 is 12.3 Å². The van der Waals surface area contributed by atoms with E-state index in [0.717, 1.165) is 16.7 Å². The third kappa shape index (κ3) is 4.35. The van der Waals surface area contributed by atoms with Crippen molar-refractivity contribution in [3.8, 4) is 0 Å². The minimum Gasteiger partial charge on any atom is -0.389 e. The molecule has 0 aromatic heterocycles. The van der Waals surface area contributed by atoms with Crippen molar-refractivity contribution in [1.29, 1.82) is 0 Å². The van der Waals surface area contributed by atoms with Gasteiger partial charge in [0.1, 0.15) is 12.0 Å². The van der Waals surface area contributed by atoms with Crippen LogP contribution in [0.5, 0.6) is 0 Å². The number of rotatable bonds is 5. The monoisotopic (exact) mass is 370 g/mol. The van der Waals surface area contributed by atoms with Gasteiger partial charge in [-0.05, 0) is 48.7 Å². The van der Waals surface area contributed by atoms with Crippen LogP contribution in [0.1, 0.15) is 42.1 Å². The van der Waals surface area contributed by atoms with Gasteiger partial charge in [-0.1, -0.05) is 24.3 Å². The highest BCUT2D eigenvalue weighted by Crippen LogP contribution is 2.33. The fraction of sp³-hybridized carbons (Fsp3) is 0.286. The van der Waals surface area contributed by atoms with Crippen molar-refractivity contribution in [2.24, 2.45) is 0 Å². The molecule has 1 aliphatic heterocycles. The molecule has 5 nitrogen and oxygen atoms in total. The van der Waals surface area contributed by atoms with E-state index in [1.165, 1.54) is 18.3 Å². The topological polar surface area (TPSA) is 81.6 Å². The maximum atomic E-state index is 13.2. The quantitative estimate of drug-likeness (QED) is 0.610. The third-order valence-corrected chi connectivity index (χ3v) is 4.82. The van der Waals surface area contributed by atoms with Gasteiger partial charge in [-0.2, -0.15) is 0 Å². The molecule has 1 aliphatic rings. The highest BCUT2D eigenvalue weighted by molar-refractivity contribution is 5.80. The predicted octanol–water partition coefficient (Wildman–Crippen LogP) is 3.11. The second kappa shape index (κ2) is 7.90. The zero-order valence-electron chi connectivity index (χ0n) is 15.2. The summed E-state index contributed by atoms with van der Waals surface area (Å²) in [5.41, 5.74) is 3.68. The van der Waals surface area contributed by atoms with Crippen LogP contribution in [0.4, 0.5) is 10.1 Å². The summed E-state index contributed by atoms with van der Waals surface area (Å²) < 4.78 is 13.2. The number of hydrogen-bond acceptors (Lipinski definition) is 4. The van der Waals surface area contributed by atoms with Crippen LogP contribution in [0.3, 0.4) is 0 Å². The number of aryl methyl sites for hydroxylation is 1. The van der Waals surface area contributed by atoms with Gasteiger partial charge < -0.3 is 20.8 Å². The average Bonchev–Trinajstić information content (AvgIpc) is 2.63. The van der Waals surface area contributed by atoms with Crippen molar-refractivity contribution in [2.45, 2.75) is 38.5 Å². The van der Waals surface area contributed by atoms with Gasteiger partial charge in [0, 0.05) is 29.8 Å². The molecule has 27 heavy (non-hydrogen) atoms. The van der Waals surface area contributed by atoms with E-state index in [0.29, 0.717) is 11.3 Å². The number of nitrogens with one attached hydrogen (secondary N) is 2.